The Balaban J connectivity index is 2.25. The Hall–Kier alpha value is -0.830. The van der Waals surface area contributed by atoms with Crippen molar-refractivity contribution in [3.63, 3.8) is 0 Å². The van der Waals surface area contributed by atoms with E-state index in [-0.39, 0.29) is 11.8 Å². The lowest BCUT2D eigenvalue weighted by Gasteiger charge is -2.14. The van der Waals surface area contributed by atoms with E-state index in [1.807, 2.05) is 19.9 Å². The third-order valence-electron chi connectivity index (χ3n) is 2.07. The Kier molecular flexibility index (Phi) is 3.96. The predicted octanol–water partition coefficient (Wildman–Crippen LogP) is 1.11. The number of amides is 1. The van der Waals surface area contributed by atoms with Crippen molar-refractivity contribution in [1.29, 1.82) is 0 Å². The molecule has 0 atom stereocenters. The Morgan fingerprint density at radius 3 is 3.00 bits per heavy atom. The largest absolute Gasteiger partial charge is 0.377 e. The molecule has 0 aromatic carbocycles. The summed E-state index contributed by atoms with van der Waals surface area (Å²) in [6.07, 6.45) is 2.99. The first-order valence-electron chi connectivity index (χ1n) is 4.73. The molecule has 0 aliphatic carbocycles. The van der Waals surface area contributed by atoms with Gasteiger partial charge in [0.25, 0.3) is 0 Å². The van der Waals surface area contributed by atoms with Crippen molar-refractivity contribution in [1.82, 2.24) is 5.32 Å². The second kappa shape index (κ2) is 5.02. The normalized spacial score (nSPS) is 17.0. The maximum Gasteiger partial charge on any atom is 0.222 e. The zero-order valence-corrected chi connectivity index (χ0v) is 8.30. The molecule has 0 fully saturated rings. The molecule has 0 unspecified atom stereocenters. The van der Waals surface area contributed by atoms with E-state index in [0.717, 1.165) is 13.0 Å². The molecule has 0 aromatic rings. The second-order valence-electron chi connectivity index (χ2n) is 3.56. The quantitative estimate of drug-likeness (QED) is 0.665. The average molecular weight is 183 g/mol. The van der Waals surface area contributed by atoms with Gasteiger partial charge in [0, 0.05) is 12.5 Å². The number of hydrogen-bond acceptors (Lipinski definition) is 2. The highest BCUT2D eigenvalue weighted by molar-refractivity contribution is 5.78. The fourth-order valence-electron chi connectivity index (χ4n) is 1.13. The fourth-order valence-corrected chi connectivity index (χ4v) is 1.13. The van der Waals surface area contributed by atoms with E-state index in [4.69, 9.17) is 4.74 Å². The molecule has 1 N–H and O–H groups in total. The van der Waals surface area contributed by atoms with Gasteiger partial charge in [-0.3, -0.25) is 4.79 Å². The van der Waals surface area contributed by atoms with Gasteiger partial charge < -0.3 is 10.1 Å². The van der Waals surface area contributed by atoms with Crippen LogP contribution in [0.25, 0.3) is 0 Å². The van der Waals surface area contributed by atoms with Crippen LogP contribution >= 0.6 is 0 Å². The molecule has 0 bridgehead atoms. The highest BCUT2D eigenvalue weighted by Gasteiger charge is 2.08. The monoisotopic (exact) mass is 183 g/mol. The van der Waals surface area contributed by atoms with Gasteiger partial charge in [-0.15, -0.1) is 0 Å². The number of carbonyl (C=O) groups is 1. The number of nitrogens with one attached hydrogen (secondary N) is 1. The Morgan fingerprint density at radius 1 is 1.69 bits per heavy atom. The number of carbonyl (C=O) groups excluding carboxylic acids is 1. The van der Waals surface area contributed by atoms with Crippen LogP contribution in [0.3, 0.4) is 0 Å². The minimum atomic E-state index is 0.0699. The van der Waals surface area contributed by atoms with E-state index in [9.17, 15) is 4.79 Å². The van der Waals surface area contributed by atoms with Crippen LogP contribution in [0, 0.1) is 5.92 Å². The molecule has 0 saturated carbocycles. The molecule has 1 amide bonds. The van der Waals surface area contributed by atoms with Crippen LogP contribution in [0.4, 0.5) is 0 Å². The highest BCUT2D eigenvalue weighted by Crippen LogP contribution is 2.06. The van der Waals surface area contributed by atoms with Gasteiger partial charge in [-0.25, -0.2) is 0 Å². The van der Waals surface area contributed by atoms with Gasteiger partial charge in [-0.1, -0.05) is 25.5 Å². The van der Waals surface area contributed by atoms with Crippen LogP contribution in [-0.2, 0) is 9.53 Å². The van der Waals surface area contributed by atoms with E-state index < -0.39 is 0 Å². The van der Waals surface area contributed by atoms with Crippen molar-refractivity contribution in [3.8, 4) is 0 Å². The van der Waals surface area contributed by atoms with Crippen molar-refractivity contribution in [2.24, 2.45) is 5.92 Å². The molecule has 0 spiro atoms. The molecule has 13 heavy (non-hydrogen) atoms. The lowest BCUT2D eigenvalue weighted by Crippen LogP contribution is -2.30. The summed E-state index contributed by atoms with van der Waals surface area (Å²) in [6, 6.07) is 0. The first-order chi connectivity index (χ1) is 6.20. The van der Waals surface area contributed by atoms with Crippen LogP contribution in [0.15, 0.2) is 11.6 Å². The lowest BCUT2D eigenvalue weighted by atomic mass is 10.1. The molecular formula is C10H17NO2. The van der Waals surface area contributed by atoms with Gasteiger partial charge in [0.2, 0.25) is 5.91 Å². The van der Waals surface area contributed by atoms with E-state index in [1.165, 1.54) is 5.57 Å². The van der Waals surface area contributed by atoms with E-state index >= 15 is 0 Å². The van der Waals surface area contributed by atoms with Crippen LogP contribution in [0.2, 0.25) is 0 Å². The van der Waals surface area contributed by atoms with Crippen LogP contribution in [0.1, 0.15) is 20.3 Å². The Morgan fingerprint density at radius 2 is 2.46 bits per heavy atom. The molecule has 1 aliphatic heterocycles. The summed E-state index contributed by atoms with van der Waals surface area (Å²) < 4.78 is 5.16. The van der Waals surface area contributed by atoms with Crippen molar-refractivity contribution in [2.75, 3.05) is 19.8 Å². The minimum Gasteiger partial charge on any atom is -0.377 e. The van der Waals surface area contributed by atoms with Gasteiger partial charge in [0.15, 0.2) is 0 Å². The maximum atomic E-state index is 11.2. The Labute approximate surface area is 79.2 Å². The van der Waals surface area contributed by atoms with Crippen LogP contribution in [-0.4, -0.2) is 25.7 Å². The number of hydrogen-bond donors (Lipinski definition) is 1. The molecule has 1 aliphatic rings. The first-order valence-corrected chi connectivity index (χ1v) is 4.73. The van der Waals surface area contributed by atoms with E-state index in [1.54, 1.807) is 0 Å². The summed E-state index contributed by atoms with van der Waals surface area (Å²) >= 11 is 0. The van der Waals surface area contributed by atoms with Gasteiger partial charge in [-0.2, -0.15) is 0 Å². The zero-order valence-electron chi connectivity index (χ0n) is 8.30. The average Bonchev–Trinajstić information content (AvgIpc) is 2.15. The molecule has 0 saturated heterocycles. The summed E-state index contributed by atoms with van der Waals surface area (Å²) in [6.45, 7) is 5.94. The van der Waals surface area contributed by atoms with Gasteiger partial charge >= 0.3 is 0 Å². The third kappa shape index (κ3) is 3.59. The summed E-state index contributed by atoms with van der Waals surface area (Å²) in [5.74, 6) is 0.188. The molecule has 1 rings (SSSR count). The zero-order chi connectivity index (χ0) is 9.68. The molecule has 3 nitrogen and oxygen atoms in total. The molecule has 1 heterocycles. The summed E-state index contributed by atoms with van der Waals surface area (Å²) in [7, 11) is 0. The highest BCUT2D eigenvalue weighted by atomic mass is 16.5. The van der Waals surface area contributed by atoms with E-state index in [0.29, 0.717) is 13.2 Å². The SMILES string of the molecule is CC(C)C(=O)NCC1=CCOCC1. The fraction of sp³-hybridized carbons (Fsp3) is 0.700. The summed E-state index contributed by atoms with van der Waals surface area (Å²) in [4.78, 5) is 11.2. The van der Waals surface area contributed by atoms with Crippen molar-refractivity contribution < 1.29 is 9.53 Å². The molecule has 74 valence electrons. The van der Waals surface area contributed by atoms with Gasteiger partial charge in [0.05, 0.1) is 13.2 Å². The smallest absolute Gasteiger partial charge is 0.222 e. The van der Waals surface area contributed by atoms with Gasteiger partial charge in [0.1, 0.15) is 0 Å². The van der Waals surface area contributed by atoms with Crippen molar-refractivity contribution in [3.05, 3.63) is 11.6 Å². The minimum absolute atomic E-state index is 0.0699. The topological polar surface area (TPSA) is 38.3 Å². The van der Waals surface area contributed by atoms with E-state index in [2.05, 4.69) is 5.32 Å². The van der Waals surface area contributed by atoms with Gasteiger partial charge in [-0.05, 0) is 6.42 Å². The lowest BCUT2D eigenvalue weighted by molar-refractivity contribution is -0.123. The molecule has 0 aromatic heterocycles. The van der Waals surface area contributed by atoms with Crippen molar-refractivity contribution >= 4 is 5.91 Å². The Bertz CT molecular complexity index is 209. The van der Waals surface area contributed by atoms with Crippen LogP contribution in [0.5, 0.6) is 0 Å². The standard InChI is InChI=1S/C10H17NO2/c1-8(2)10(12)11-7-9-3-5-13-6-4-9/h3,8H,4-7H2,1-2H3,(H,11,12). The summed E-state index contributed by atoms with van der Waals surface area (Å²) in [5.41, 5.74) is 1.28. The second-order valence-corrected chi connectivity index (χ2v) is 3.56. The number of rotatable bonds is 3. The third-order valence-corrected chi connectivity index (χ3v) is 2.07. The van der Waals surface area contributed by atoms with Crippen molar-refractivity contribution in [2.45, 2.75) is 20.3 Å². The number of ether oxygens (including phenoxy) is 1. The molecular weight excluding hydrogens is 166 g/mol. The molecule has 0 radical (unpaired) electrons. The molecule has 3 heteroatoms. The summed E-state index contributed by atoms with van der Waals surface area (Å²) in [5, 5.41) is 2.89. The van der Waals surface area contributed by atoms with Crippen LogP contribution < -0.4 is 5.32 Å². The predicted molar refractivity (Wildman–Crippen MR) is 51.4 cm³/mol. The maximum absolute atomic E-state index is 11.2. The first kappa shape index (κ1) is 10.3.